The second-order valence-corrected chi connectivity index (χ2v) is 6.16. The highest BCUT2D eigenvalue weighted by Crippen LogP contribution is 2.26. The molecule has 5 aromatic rings. The predicted molar refractivity (Wildman–Crippen MR) is 100 cm³/mol. The van der Waals surface area contributed by atoms with Crippen molar-refractivity contribution in [1.82, 2.24) is 19.6 Å². The van der Waals surface area contributed by atoms with Crippen molar-refractivity contribution in [2.24, 2.45) is 0 Å². The molecule has 5 heteroatoms. The highest BCUT2D eigenvalue weighted by atomic mass is 15.3. The second kappa shape index (κ2) is 5.27. The minimum absolute atomic E-state index is 0.698. The Kier molecular flexibility index (Phi) is 2.94. The summed E-state index contributed by atoms with van der Waals surface area (Å²) in [4.78, 5) is 4.76. The van der Waals surface area contributed by atoms with Crippen LogP contribution >= 0.6 is 0 Å². The van der Waals surface area contributed by atoms with E-state index in [-0.39, 0.29) is 0 Å². The summed E-state index contributed by atoms with van der Waals surface area (Å²) >= 11 is 0. The molecule has 0 fully saturated rings. The number of aryl methyl sites for hydroxylation is 1. The summed E-state index contributed by atoms with van der Waals surface area (Å²) in [6.45, 7) is 2.07. The Morgan fingerprint density at radius 1 is 0.920 bits per heavy atom. The fraction of sp³-hybridized carbons (Fsp3) is 0.0500. The SMILES string of the molecule is Cc1ccc2nc(Nc3ccc4ccccc4c3)c3nncn3c2c1. The molecule has 2 heterocycles. The Labute approximate surface area is 144 Å². The molecule has 0 spiro atoms. The van der Waals surface area contributed by atoms with Crippen LogP contribution in [0.25, 0.3) is 27.5 Å². The fourth-order valence-electron chi connectivity index (χ4n) is 3.15. The van der Waals surface area contributed by atoms with Crippen molar-refractivity contribution in [3.05, 3.63) is 72.6 Å². The first-order valence-corrected chi connectivity index (χ1v) is 8.14. The van der Waals surface area contributed by atoms with Crippen molar-refractivity contribution in [3.63, 3.8) is 0 Å². The lowest BCUT2D eigenvalue weighted by Gasteiger charge is -2.10. The van der Waals surface area contributed by atoms with E-state index in [1.54, 1.807) is 6.33 Å². The topological polar surface area (TPSA) is 55.1 Å². The quantitative estimate of drug-likeness (QED) is 0.520. The standard InChI is InChI=1S/C20H15N5/c1-13-6-9-17-18(10-13)25-12-21-24-20(25)19(23-17)22-16-8-7-14-4-2-3-5-15(14)11-16/h2-12H,1H3,(H,22,23). The van der Waals surface area contributed by atoms with Gasteiger partial charge in [-0.2, -0.15) is 0 Å². The molecule has 5 rings (SSSR count). The maximum Gasteiger partial charge on any atom is 0.204 e. The summed E-state index contributed by atoms with van der Waals surface area (Å²) in [5.74, 6) is 0.698. The highest BCUT2D eigenvalue weighted by molar-refractivity contribution is 5.88. The first-order valence-electron chi connectivity index (χ1n) is 8.14. The molecule has 120 valence electrons. The molecule has 0 radical (unpaired) electrons. The van der Waals surface area contributed by atoms with Crippen molar-refractivity contribution in [2.45, 2.75) is 6.92 Å². The lowest BCUT2D eigenvalue weighted by molar-refractivity contribution is 1.11. The first-order chi connectivity index (χ1) is 12.3. The van der Waals surface area contributed by atoms with Gasteiger partial charge < -0.3 is 5.32 Å². The van der Waals surface area contributed by atoms with E-state index in [0.29, 0.717) is 11.5 Å². The van der Waals surface area contributed by atoms with Gasteiger partial charge in [-0.1, -0.05) is 36.4 Å². The van der Waals surface area contributed by atoms with E-state index >= 15 is 0 Å². The summed E-state index contributed by atoms with van der Waals surface area (Å²) in [6, 6.07) is 20.7. The number of nitrogens with zero attached hydrogens (tertiary/aromatic N) is 4. The summed E-state index contributed by atoms with van der Waals surface area (Å²) in [7, 11) is 0. The molecule has 2 aromatic heterocycles. The van der Waals surface area contributed by atoms with E-state index in [0.717, 1.165) is 16.7 Å². The van der Waals surface area contributed by atoms with Gasteiger partial charge >= 0.3 is 0 Å². The number of benzene rings is 3. The molecule has 0 saturated carbocycles. The van der Waals surface area contributed by atoms with Gasteiger partial charge in [0.15, 0.2) is 5.82 Å². The lowest BCUT2D eigenvalue weighted by atomic mass is 10.1. The summed E-state index contributed by atoms with van der Waals surface area (Å²) in [5, 5.41) is 14.1. The van der Waals surface area contributed by atoms with Crippen molar-refractivity contribution in [3.8, 4) is 0 Å². The fourth-order valence-corrected chi connectivity index (χ4v) is 3.15. The van der Waals surface area contributed by atoms with Gasteiger partial charge in [-0.25, -0.2) is 4.98 Å². The van der Waals surface area contributed by atoms with Crippen molar-refractivity contribution in [1.29, 1.82) is 0 Å². The molecule has 0 saturated heterocycles. The number of hydrogen-bond acceptors (Lipinski definition) is 4. The van der Waals surface area contributed by atoms with Gasteiger partial charge in [-0.3, -0.25) is 4.40 Å². The molecule has 5 nitrogen and oxygen atoms in total. The Morgan fingerprint density at radius 3 is 2.72 bits per heavy atom. The monoisotopic (exact) mass is 325 g/mol. The van der Waals surface area contributed by atoms with Crippen LogP contribution in [0.15, 0.2) is 67.0 Å². The van der Waals surface area contributed by atoms with Crippen LogP contribution < -0.4 is 5.32 Å². The Morgan fingerprint density at radius 2 is 1.80 bits per heavy atom. The number of rotatable bonds is 2. The molecular formula is C20H15N5. The second-order valence-electron chi connectivity index (χ2n) is 6.16. The van der Waals surface area contributed by atoms with Gasteiger partial charge in [0.1, 0.15) is 6.33 Å². The molecule has 0 amide bonds. The normalized spacial score (nSPS) is 11.4. The molecule has 3 aromatic carbocycles. The summed E-state index contributed by atoms with van der Waals surface area (Å²) < 4.78 is 1.97. The van der Waals surface area contributed by atoms with Crippen LogP contribution in [0.1, 0.15) is 5.56 Å². The number of aromatic nitrogens is 4. The van der Waals surface area contributed by atoms with E-state index in [2.05, 4.69) is 64.9 Å². The zero-order valence-electron chi connectivity index (χ0n) is 13.6. The van der Waals surface area contributed by atoms with Gasteiger partial charge in [-0.05, 0) is 47.5 Å². The summed E-state index contributed by atoms with van der Waals surface area (Å²) in [5.41, 5.74) is 4.78. The van der Waals surface area contributed by atoms with E-state index in [4.69, 9.17) is 4.98 Å². The van der Waals surface area contributed by atoms with Crippen LogP contribution in [-0.2, 0) is 0 Å². The maximum absolute atomic E-state index is 4.76. The van der Waals surface area contributed by atoms with Crippen LogP contribution in [0.2, 0.25) is 0 Å². The molecule has 0 aliphatic carbocycles. The van der Waals surface area contributed by atoms with Crippen molar-refractivity contribution in [2.75, 3.05) is 5.32 Å². The molecule has 0 bridgehead atoms. The lowest BCUT2D eigenvalue weighted by Crippen LogP contribution is -2.00. The van der Waals surface area contributed by atoms with Crippen LogP contribution in [-0.4, -0.2) is 19.6 Å². The van der Waals surface area contributed by atoms with Crippen molar-refractivity contribution < 1.29 is 0 Å². The van der Waals surface area contributed by atoms with Crippen LogP contribution in [0.5, 0.6) is 0 Å². The Hall–Kier alpha value is -3.47. The van der Waals surface area contributed by atoms with Gasteiger partial charge in [0.05, 0.1) is 11.0 Å². The van der Waals surface area contributed by atoms with Gasteiger partial charge in [0, 0.05) is 5.69 Å². The predicted octanol–water partition coefficient (Wildman–Crippen LogP) is 4.48. The average molecular weight is 325 g/mol. The number of nitrogens with one attached hydrogen (secondary N) is 1. The van der Waals surface area contributed by atoms with E-state index < -0.39 is 0 Å². The van der Waals surface area contributed by atoms with Gasteiger partial charge in [-0.15, -0.1) is 10.2 Å². The molecule has 25 heavy (non-hydrogen) atoms. The number of hydrogen-bond donors (Lipinski definition) is 1. The zero-order chi connectivity index (χ0) is 16.8. The number of fused-ring (bicyclic) bond motifs is 4. The molecule has 1 N–H and O–H groups in total. The smallest absolute Gasteiger partial charge is 0.204 e. The third-order valence-corrected chi connectivity index (χ3v) is 4.39. The minimum Gasteiger partial charge on any atom is -0.337 e. The molecule has 0 aliphatic heterocycles. The molecule has 0 aliphatic rings. The Bertz CT molecular complexity index is 1240. The third kappa shape index (κ3) is 2.29. The largest absolute Gasteiger partial charge is 0.337 e. The van der Waals surface area contributed by atoms with E-state index in [9.17, 15) is 0 Å². The first kappa shape index (κ1) is 13.9. The maximum atomic E-state index is 4.76. The van der Waals surface area contributed by atoms with E-state index in [1.807, 2.05) is 22.6 Å². The van der Waals surface area contributed by atoms with Crippen molar-refractivity contribution >= 4 is 39.0 Å². The van der Waals surface area contributed by atoms with Crippen LogP contribution in [0.3, 0.4) is 0 Å². The number of anilines is 2. The minimum atomic E-state index is 0.698. The average Bonchev–Trinajstić information content (AvgIpc) is 3.13. The van der Waals surface area contributed by atoms with Gasteiger partial charge in [0.25, 0.3) is 0 Å². The van der Waals surface area contributed by atoms with E-state index in [1.165, 1.54) is 16.3 Å². The summed E-state index contributed by atoms with van der Waals surface area (Å²) in [6.07, 6.45) is 1.73. The highest BCUT2D eigenvalue weighted by Gasteiger charge is 2.11. The van der Waals surface area contributed by atoms with Gasteiger partial charge in [0.2, 0.25) is 5.65 Å². The van der Waals surface area contributed by atoms with Crippen LogP contribution in [0, 0.1) is 6.92 Å². The molecule has 0 atom stereocenters. The van der Waals surface area contributed by atoms with Crippen LogP contribution in [0.4, 0.5) is 11.5 Å². The zero-order valence-corrected chi connectivity index (χ0v) is 13.6. The molecule has 0 unspecified atom stereocenters. The Balaban J connectivity index is 1.68. The third-order valence-electron chi connectivity index (χ3n) is 4.39. The molecular weight excluding hydrogens is 310 g/mol.